The summed E-state index contributed by atoms with van der Waals surface area (Å²) >= 11 is 1.60. The normalized spacial score (nSPS) is 10.6. The number of rotatable bonds is 3. The van der Waals surface area contributed by atoms with E-state index >= 15 is 0 Å². The van der Waals surface area contributed by atoms with Crippen LogP contribution in [-0.4, -0.2) is 17.1 Å². The van der Waals surface area contributed by atoms with Crippen LogP contribution in [0.1, 0.15) is 10.6 Å². The maximum Gasteiger partial charge on any atom is 0.251 e. The fourth-order valence-corrected chi connectivity index (χ4v) is 2.22. The first-order valence-electron chi connectivity index (χ1n) is 4.85. The molecule has 2 rings (SSSR count). The molecule has 0 bridgehead atoms. The molecule has 16 heavy (non-hydrogen) atoms. The summed E-state index contributed by atoms with van der Waals surface area (Å²) in [4.78, 5) is 20.6. The standard InChI is InChI=1S/C11H12N2O2S/c1-7-3-4-9(16-7)11-12-8(6-15-2)5-10(14)13-11/h3-5H,6H2,1-2H3,(H,12,13,14). The molecule has 0 aliphatic heterocycles. The highest BCUT2D eigenvalue weighted by Gasteiger charge is 2.05. The number of ether oxygens (including phenoxy) is 1. The SMILES string of the molecule is COCc1cc(=O)[nH]c(-c2ccc(C)s2)n1. The van der Waals surface area contributed by atoms with Crippen LogP contribution in [0.15, 0.2) is 23.0 Å². The zero-order chi connectivity index (χ0) is 11.5. The maximum atomic E-state index is 11.4. The summed E-state index contributed by atoms with van der Waals surface area (Å²) in [7, 11) is 1.58. The molecule has 0 fully saturated rings. The number of thiophene rings is 1. The number of aryl methyl sites for hydroxylation is 1. The van der Waals surface area contributed by atoms with E-state index in [1.807, 2.05) is 19.1 Å². The van der Waals surface area contributed by atoms with Crippen molar-refractivity contribution in [2.45, 2.75) is 13.5 Å². The number of nitrogens with one attached hydrogen (secondary N) is 1. The Morgan fingerprint density at radius 3 is 2.94 bits per heavy atom. The van der Waals surface area contributed by atoms with Crippen LogP contribution < -0.4 is 5.56 Å². The average molecular weight is 236 g/mol. The second-order valence-corrected chi connectivity index (χ2v) is 4.72. The van der Waals surface area contributed by atoms with Crippen LogP contribution in [0, 0.1) is 6.92 Å². The number of aromatic amines is 1. The highest BCUT2D eigenvalue weighted by atomic mass is 32.1. The molecule has 0 saturated heterocycles. The van der Waals surface area contributed by atoms with Crippen LogP contribution in [0.5, 0.6) is 0 Å². The summed E-state index contributed by atoms with van der Waals surface area (Å²) in [6.07, 6.45) is 0. The smallest absolute Gasteiger partial charge is 0.251 e. The number of H-pyrrole nitrogens is 1. The van der Waals surface area contributed by atoms with E-state index in [2.05, 4.69) is 9.97 Å². The van der Waals surface area contributed by atoms with Crippen LogP contribution >= 0.6 is 11.3 Å². The van der Waals surface area contributed by atoms with Crippen LogP contribution in [0.4, 0.5) is 0 Å². The van der Waals surface area contributed by atoms with Crippen molar-refractivity contribution in [1.82, 2.24) is 9.97 Å². The second kappa shape index (κ2) is 4.59. The predicted octanol–water partition coefficient (Wildman–Crippen LogP) is 1.95. The monoisotopic (exact) mass is 236 g/mol. The largest absolute Gasteiger partial charge is 0.378 e. The van der Waals surface area contributed by atoms with Gasteiger partial charge < -0.3 is 9.72 Å². The fourth-order valence-electron chi connectivity index (χ4n) is 1.41. The number of aromatic nitrogens is 2. The Labute approximate surface area is 96.9 Å². The summed E-state index contributed by atoms with van der Waals surface area (Å²) in [6.45, 7) is 2.37. The molecule has 4 nitrogen and oxygen atoms in total. The molecule has 2 aromatic rings. The number of nitrogens with zero attached hydrogens (tertiary/aromatic N) is 1. The minimum Gasteiger partial charge on any atom is -0.378 e. The Hall–Kier alpha value is -1.46. The van der Waals surface area contributed by atoms with E-state index in [-0.39, 0.29) is 5.56 Å². The van der Waals surface area contributed by atoms with E-state index in [9.17, 15) is 4.79 Å². The van der Waals surface area contributed by atoms with Crippen LogP contribution in [0.25, 0.3) is 10.7 Å². The maximum absolute atomic E-state index is 11.4. The van der Waals surface area contributed by atoms with Gasteiger partial charge in [0.1, 0.15) is 0 Å². The van der Waals surface area contributed by atoms with Gasteiger partial charge in [-0.25, -0.2) is 4.98 Å². The van der Waals surface area contributed by atoms with Gasteiger partial charge in [0.05, 0.1) is 17.2 Å². The lowest BCUT2D eigenvalue weighted by molar-refractivity contribution is 0.181. The Morgan fingerprint density at radius 2 is 2.31 bits per heavy atom. The molecular formula is C11H12N2O2S. The van der Waals surface area contributed by atoms with Gasteiger partial charge in [-0.1, -0.05) is 0 Å². The molecule has 0 spiro atoms. The Kier molecular flexibility index (Phi) is 3.17. The topological polar surface area (TPSA) is 55.0 Å². The van der Waals surface area contributed by atoms with Crippen molar-refractivity contribution < 1.29 is 4.74 Å². The third-order valence-electron chi connectivity index (χ3n) is 2.06. The fraction of sp³-hybridized carbons (Fsp3) is 0.273. The molecule has 2 heterocycles. The molecule has 0 aliphatic carbocycles. The van der Waals surface area contributed by atoms with Crippen molar-refractivity contribution in [3.05, 3.63) is 39.1 Å². The summed E-state index contributed by atoms with van der Waals surface area (Å²) in [5, 5.41) is 0. The lowest BCUT2D eigenvalue weighted by Gasteiger charge is -2.01. The number of hydrogen-bond donors (Lipinski definition) is 1. The molecule has 0 radical (unpaired) electrons. The molecule has 0 amide bonds. The first-order valence-corrected chi connectivity index (χ1v) is 5.66. The lowest BCUT2D eigenvalue weighted by atomic mass is 10.3. The van der Waals surface area contributed by atoms with E-state index < -0.39 is 0 Å². The third-order valence-corrected chi connectivity index (χ3v) is 3.07. The Balaban J connectivity index is 2.44. The Morgan fingerprint density at radius 1 is 1.50 bits per heavy atom. The van der Waals surface area contributed by atoms with Gasteiger partial charge in [0.2, 0.25) is 0 Å². The van der Waals surface area contributed by atoms with E-state index in [0.717, 1.165) is 4.88 Å². The van der Waals surface area contributed by atoms with E-state index in [1.165, 1.54) is 10.9 Å². The molecule has 0 saturated carbocycles. The number of hydrogen-bond acceptors (Lipinski definition) is 4. The highest BCUT2D eigenvalue weighted by molar-refractivity contribution is 7.15. The van der Waals surface area contributed by atoms with E-state index in [0.29, 0.717) is 18.1 Å². The van der Waals surface area contributed by atoms with Crippen molar-refractivity contribution in [1.29, 1.82) is 0 Å². The molecule has 0 aromatic carbocycles. The van der Waals surface area contributed by atoms with Gasteiger partial charge >= 0.3 is 0 Å². The molecule has 0 unspecified atom stereocenters. The van der Waals surface area contributed by atoms with Gasteiger partial charge in [0.15, 0.2) is 5.82 Å². The van der Waals surface area contributed by atoms with Gasteiger partial charge in [-0.2, -0.15) is 0 Å². The molecule has 0 aliphatic rings. The van der Waals surface area contributed by atoms with Crippen LogP contribution in [-0.2, 0) is 11.3 Å². The van der Waals surface area contributed by atoms with E-state index in [1.54, 1.807) is 18.4 Å². The highest BCUT2D eigenvalue weighted by Crippen LogP contribution is 2.23. The van der Waals surface area contributed by atoms with E-state index in [4.69, 9.17) is 4.74 Å². The summed E-state index contributed by atoms with van der Waals surface area (Å²) in [5.74, 6) is 0.609. The minimum atomic E-state index is -0.150. The van der Waals surface area contributed by atoms with Gasteiger partial charge in [-0.3, -0.25) is 4.79 Å². The van der Waals surface area contributed by atoms with Gasteiger partial charge in [-0.05, 0) is 19.1 Å². The Bertz CT molecular complexity index is 545. The average Bonchev–Trinajstić information content (AvgIpc) is 2.64. The van der Waals surface area contributed by atoms with Crippen molar-refractivity contribution in [3.8, 4) is 10.7 Å². The molecule has 0 atom stereocenters. The quantitative estimate of drug-likeness (QED) is 0.886. The van der Waals surface area contributed by atoms with Crippen LogP contribution in [0.3, 0.4) is 0 Å². The molecule has 5 heteroatoms. The van der Waals surface area contributed by atoms with Crippen molar-refractivity contribution in [2.24, 2.45) is 0 Å². The molecule has 84 valence electrons. The van der Waals surface area contributed by atoms with Crippen molar-refractivity contribution in [3.63, 3.8) is 0 Å². The van der Waals surface area contributed by atoms with Gasteiger partial charge in [0, 0.05) is 18.1 Å². The summed E-state index contributed by atoms with van der Waals surface area (Å²) in [5.41, 5.74) is 0.496. The van der Waals surface area contributed by atoms with Gasteiger partial charge in [0.25, 0.3) is 5.56 Å². The number of methoxy groups -OCH3 is 1. The summed E-state index contributed by atoms with van der Waals surface area (Å²) in [6, 6.07) is 5.41. The van der Waals surface area contributed by atoms with Crippen LogP contribution in [0.2, 0.25) is 0 Å². The third kappa shape index (κ3) is 2.37. The van der Waals surface area contributed by atoms with Gasteiger partial charge in [-0.15, -0.1) is 11.3 Å². The van der Waals surface area contributed by atoms with Crippen molar-refractivity contribution >= 4 is 11.3 Å². The first kappa shape index (κ1) is 11.0. The zero-order valence-corrected chi connectivity index (χ0v) is 9.93. The van der Waals surface area contributed by atoms with Crippen molar-refractivity contribution in [2.75, 3.05) is 7.11 Å². The molecule has 2 aromatic heterocycles. The first-order chi connectivity index (χ1) is 7.69. The lowest BCUT2D eigenvalue weighted by Crippen LogP contribution is -2.10. The predicted molar refractivity (Wildman–Crippen MR) is 63.6 cm³/mol. The minimum absolute atomic E-state index is 0.150. The molecule has 1 N–H and O–H groups in total. The molecular weight excluding hydrogens is 224 g/mol. The zero-order valence-electron chi connectivity index (χ0n) is 9.11. The summed E-state index contributed by atoms with van der Waals surface area (Å²) < 4.78 is 4.97. The second-order valence-electron chi connectivity index (χ2n) is 3.43.